The fourth-order valence-corrected chi connectivity index (χ4v) is 2.78. The van der Waals surface area contributed by atoms with Crippen LogP contribution < -0.4 is 10.9 Å². The van der Waals surface area contributed by atoms with Gasteiger partial charge in [0.2, 0.25) is 5.91 Å². The van der Waals surface area contributed by atoms with Gasteiger partial charge in [-0.15, -0.1) is 0 Å². The highest BCUT2D eigenvalue weighted by Crippen LogP contribution is 2.17. The average molecular weight is 402 g/mol. The number of rotatable bonds is 6. The monoisotopic (exact) mass is 401 g/mol. The number of nitrogens with zero attached hydrogens (tertiary/aromatic N) is 2. The molecule has 1 heterocycles. The summed E-state index contributed by atoms with van der Waals surface area (Å²) < 4.78 is 1.27. The van der Waals surface area contributed by atoms with Gasteiger partial charge in [-0.25, -0.2) is 4.98 Å². The highest BCUT2D eigenvalue weighted by molar-refractivity contribution is 6.30. The van der Waals surface area contributed by atoms with Crippen molar-refractivity contribution in [3.63, 3.8) is 0 Å². The van der Waals surface area contributed by atoms with Crippen LogP contribution in [0.3, 0.4) is 0 Å². The third-order valence-electron chi connectivity index (χ3n) is 3.98. The number of amides is 1. The van der Waals surface area contributed by atoms with Crippen LogP contribution in [0.1, 0.15) is 5.56 Å². The summed E-state index contributed by atoms with van der Waals surface area (Å²) in [5, 5.41) is 4.09. The van der Waals surface area contributed by atoms with E-state index in [9.17, 15) is 9.59 Å². The Bertz CT molecular complexity index is 983. The van der Waals surface area contributed by atoms with Crippen LogP contribution in [0, 0.1) is 0 Å². The van der Waals surface area contributed by atoms with E-state index in [1.807, 2.05) is 24.3 Å². The molecule has 0 bridgehead atoms. The number of aromatic nitrogens is 2. The zero-order valence-corrected chi connectivity index (χ0v) is 15.9. The Balaban J connectivity index is 1.56. The van der Waals surface area contributed by atoms with E-state index in [-0.39, 0.29) is 18.0 Å². The smallest absolute Gasteiger partial charge is 0.254 e. The first-order chi connectivity index (χ1) is 13.0. The molecule has 0 aliphatic carbocycles. The molecule has 3 rings (SSSR count). The van der Waals surface area contributed by atoms with E-state index in [2.05, 4.69) is 10.3 Å². The van der Waals surface area contributed by atoms with Gasteiger partial charge >= 0.3 is 0 Å². The van der Waals surface area contributed by atoms with Gasteiger partial charge in [0.25, 0.3) is 5.56 Å². The molecule has 1 amide bonds. The molecular formula is C20H17Cl2N3O2. The van der Waals surface area contributed by atoms with Gasteiger partial charge < -0.3 is 5.32 Å². The van der Waals surface area contributed by atoms with Crippen LogP contribution in [0.2, 0.25) is 10.0 Å². The van der Waals surface area contributed by atoms with Crippen LogP contribution in [0.5, 0.6) is 0 Å². The van der Waals surface area contributed by atoms with Crippen molar-refractivity contribution in [3.8, 4) is 11.3 Å². The summed E-state index contributed by atoms with van der Waals surface area (Å²) in [4.78, 5) is 28.6. The normalized spacial score (nSPS) is 10.6. The summed E-state index contributed by atoms with van der Waals surface area (Å²) in [6.07, 6.45) is 2.07. The van der Waals surface area contributed by atoms with Gasteiger partial charge in [-0.2, -0.15) is 0 Å². The van der Waals surface area contributed by atoms with E-state index in [0.717, 1.165) is 11.1 Å². The first kappa shape index (κ1) is 19.1. The lowest BCUT2D eigenvalue weighted by atomic mass is 10.1. The third-order valence-corrected chi connectivity index (χ3v) is 4.49. The van der Waals surface area contributed by atoms with Crippen LogP contribution in [-0.2, 0) is 17.8 Å². The van der Waals surface area contributed by atoms with Crippen molar-refractivity contribution in [2.24, 2.45) is 0 Å². The first-order valence-corrected chi connectivity index (χ1v) is 9.10. The number of halogens is 2. The molecule has 2 aromatic carbocycles. The van der Waals surface area contributed by atoms with Crippen molar-refractivity contribution >= 4 is 29.1 Å². The summed E-state index contributed by atoms with van der Waals surface area (Å²) in [5.74, 6) is -0.243. The lowest BCUT2D eigenvalue weighted by molar-refractivity contribution is -0.121. The predicted octanol–water partition coefficient (Wildman–Crippen LogP) is 3.58. The minimum Gasteiger partial charge on any atom is -0.354 e. The second kappa shape index (κ2) is 8.84. The van der Waals surface area contributed by atoms with E-state index in [4.69, 9.17) is 23.2 Å². The zero-order chi connectivity index (χ0) is 19.2. The number of carbonyl (C=O) groups is 1. The van der Waals surface area contributed by atoms with Crippen LogP contribution in [0.25, 0.3) is 11.3 Å². The highest BCUT2D eigenvalue weighted by atomic mass is 35.5. The van der Waals surface area contributed by atoms with Crippen LogP contribution in [-0.4, -0.2) is 22.0 Å². The molecule has 5 nitrogen and oxygen atoms in total. The van der Waals surface area contributed by atoms with E-state index in [1.54, 1.807) is 24.3 Å². The van der Waals surface area contributed by atoms with Crippen molar-refractivity contribution in [1.82, 2.24) is 14.9 Å². The molecule has 0 radical (unpaired) electrons. The standard InChI is InChI=1S/C20H17Cl2N3O2/c21-16-5-1-14(2-6-16)9-10-23-19(26)12-25-13-24-18(11-20(25)27)15-3-7-17(22)8-4-15/h1-8,11,13H,9-10,12H2,(H,23,26). The van der Waals surface area contributed by atoms with Gasteiger partial charge in [-0.1, -0.05) is 47.5 Å². The predicted molar refractivity (Wildman–Crippen MR) is 107 cm³/mol. The van der Waals surface area contributed by atoms with Gasteiger partial charge in [-0.05, 0) is 36.2 Å². The minimum atomic E-state index is -0.289. The second-order valence-electron chi connectivity index (χ2n) is 5.97. The highest BCUT2D eigenvalue weighted by Gasteiger charge is 2.07. The summed E-state index contributed by atoms with van der Waals surface area (Å²) >= 11 is 11.7. The molecule has 0 unspecified atom stereocenters. The first-order valence-electron chi connectivity index (χ1n) is 8.35. The van der Waals surface area contributed by atoms with Gasteiger partial charge in [0.1, 0.15) is 6.54 Å². The Morgan fingerprint density at radius 1 is 1.00 bits per heavy atom. The Morgan fingerprint density at radius 3 is 2.26 bits per heavy atom. The molecule has 0 saturated heterocycles. The molecule has 0 saturated carbocycles. The summed E-state index contributed by atoms with van der Waals surface area (Å²) in [6.45, 7) is 0.402. The van der Waals surface area contributed by atoms with Crippen molar-refractivity contribution < 1.29 is 4.79 Å². The summed E-state index contributed by atoms with van der Waals surface area (Å²) in [7, 11) is 0. The molecule has 0 aliphatic rings. The number of benzene rings is 2. The van der Waals surface area contributed by atoms with E-state index in [0.29, 0.717) is 28.7 Å². The number of hydrogen-bond donors (Lipinski definition) is 1. The summed E-state index contributed by atoms with van der Waals surface area (Å²) in [6, 6.07) is 15.9. The van der Waals surface area contributed by atoms with Crippen molar-refractivity contribution in [2.45, 2.75) is 13.0 Å². The topological polar surface area (TPSA) is 64.0 Å². The van der Waals surface area contributed by atoms with Gasteiger partial charge in [-0.3, -0.25) is 14.2 Å². The average Bonchev–Trinajstić information content (AvgIpc) is 2.66. The molecule has 0 aliphatic heterocycles. The van der Waals surface area contributed by atoms with Crippen molar-refractivity contribution in [3.05, 3.63) is 86.9 Å². The molecule has 7 heteroatoms. The van der Waals surface area contributed by atoms with Crippen LogP contribution in [0.15, 0.2) is 65.7 Å². The molecule has 27 heavy (non-hydrogen) atoms. The maximum Gasteiger partial charge on any atom is 0.254 e. The molecule has 3 aromatic rings. The molecule has 1 aromatic heterocycles. The Labute approximate surface area is 166 Å². The zero-order valence-electron chi connectivity index (χ0n) is 14.4. The van der Waals surface area contributed by atoms with Gasteiger partial charge in [0.15, 0.2) is 0 Å². The molecule has 138 valence electrons. The molecular weight excluding hydrogens is 385 g/mol. The fourth-order valence-electron chi connectivity index (χ4n) is 2.53. The SMILES string of the molecule is O=C(Cn1cnc(-c2ccc(Cl)cc2)cc1=O)NCCc1ccc(Cl)cc1. The van der Waals surface area contributed by atoms with Crippen LogP contribution in [0.4, 0.5) is 0 Å². The maximum atomic E-state index is 12.2. The Kier molecular flexibility index (Phi) is 6.27. The lowest BCUT2D eigenvalue weighted by Gasteiger charge is -2.08. The second-order valence-corrected chi connectivity index (χ2v) is 6.85. The van der Waals surface area contributed by atoms with Crippen molar-refractivity contribution in [1.29, 1.82) is 0 Å². The largest absolute Gasteiger partial charge is 0.354 e. The quantitative estimate of drug-likeness (QED) is 0.686. The van der Waals surface area contributed by atoms with Crippen LogP contribution >= 0.6 is 23.2 Å². The van der Waals surface area contributed by atoms with E-state index in [1.165, 1.54) is 17.0 Å². The molecule has 1 N–H and O–H groups in total. The van der Waals surface area contributed by atoms with E-state index >= 15 is 0 Å². The molecule has 0 spiro atoms. The maximum absolute atomic E-state index is 12.2. The fraction of sp³-hybridized carbons (Fsp3) is 0.150. The number of carbonyl (C=O) groups excluding carboxylic acids is 1. The summed E-state index contributed by atoms with van der Waals surface area (Å²) in [5.41, 5.74) is 2.11. The molecule has 0 atom stereocenters. The van der Waals surface area contributed by atoms with Gasteiger partial charge in [0.05, 0.1) is 12.0 Å². The van der Waals surface area contributed by atoms with Gasteiger partial charge in [0, 0.05) is 28.2 Å². The third kappa shape index (κ3) is 5.42. The number of hydrogen-bond acceptors (Lipinski definition) is 3. The Hall–Kier alpha value is -2.63. The number of nitrogens with one attached hydrogen (secondary N) is 1. The minimum absolute atomic E-state index is 0.0760. The Morgan fingerprint density at radius 2 is 1.63 bits per heavy atom. The van der Waals surface area contributed by atoms with Crippen molar-refractivity contribution in [2.75, 3.05) is 6.54 Å². The van der Waals surface area contributed by atoms with E-state index < -0.39 is 0 Å². The lowest BCUT2D eigenvalue weighted by Crippen LogP contribution is -2.33. The molecule has 0 fully saturated rings.